The van der Waals surface area contributed by atoms with Gasteiger partial charge in [-0.05, 0) is 18.2 Å². The van der Waals surface area contributed by atoms with Gasteiger partial charge < -0.3 is 14.2 Å². The summed E-state index contributed by atoms with van der Waals surface area (Å²) in [4.78, 5) is 20.7. The van der Waals surface area contributed by atoms with Gasteiger partial charge in [-0.2, -0.15) is 0 Å². The molecule has 0 aliphatic rings. The van der Waals surface area contributed by atoms with Crippen LogP contribution in [-0.4, -0.2) is 25.6 Å². The summed E-state index contributed by atoms with van der Waals surface area (Å²) < 4.78 is 14.6. The first-order chi connectivity index (χ1) is 8.49. The molecule has 0 radical (unpaired) electrons. The minimum atomic E-state index is -1.96. The Kier molecular flexibility index (Phi) is 4.09. The summed E-state index contributed by atoms with van der Waals surface area (Å²) in [6, 6.07) is 4.34. The highest BCUT2D eigenvalue weighted by Crippen LogP contribution is 2.33. The molecule has 98 valence electrons. The van der Waals surface area contributed by atoms with E-state index in [9.17, 15) is 14.9 Å². The first kappa shape index (κ1) is 13.8. The first-order valence-electron chi connectivity index (χ1n) is 4.98. The lowest BCUT2D eigenvalue weighted by molar-refractivity contribution is -0.626. The lowest BCUT2D eigenvalue weighted by atomic mass is 10.0. The number of rotatable bonds is 6. The highest BCUT2D eigenvalue weighted by Gasteiger charge is 2.42. The molecular formula is C11H13NO6. The van der Waals surface area contributed by atoms with Crippen LogP contribution < -0.4 is 9.47 Å². The van der Waals surface area contributed by atoms with E-state index in [0.717, 1.165) is 0 Å². The average molecular weight is 255 g/mol. The molecule has 1 rings (SSSR count). The molecule has 1 aromatic rings. The number of nitrogens with zero attached hydrogens (tertiary/aromatic N) is 1. The van der Waals surface area contributed by atoms with Crippen LogP contribution in [0.4, 0.5) is 0 Å². The van der Waals surface area contributed by atoms with Crippen molar-refractivity contribution in [1.82, 2.24) is 0 Å². The molecule has 0 N–H and O–H groups in total. The van der Waals surface area contributed by atoms with Crippen molar-refractivity contribution in [2.75, 3.05) is 14.2 Å². The van der Waals surface area contributed by atoms with Gasteiger partial charge >= 0.3 is 5.72 Å². The molecule has 0 fully saturated rings. The monoisotopic (exact) mass is 255 g/mol. The molecule has 7 heteroatoms. The van der Waals surface area contributed by atoms with Gasteiger partial charge in [-0.1, -0.05) is 0 Å². The zero-order valence-corrected chi connectivity index (χ0v) is 10.2. The maximum absolute atomic E-state index is 11.0. The maximum Gasteiger partial charge on any atom is 0.389 e. The number of carbonyl (C=O) groups excluding carboxylic acids is 1. The van der Waals surface area contributed by atoms with Crippen molar-refractivity contribution in [3.05, 3.63) is 33.9 Å². The van der Waals surface area contributed by atoms with Crippen LogP contribution in [0.25, 0.3) is 0 Å². The summed E-state index contributed by atoms with van der Waals surface area (Å²) in [7, 11) is 2.86. The normalized spacial score (nSPS) is 13.3. The van der Waals surface area contributed by atoms with Crippen molar-refractivity contribution < 1.29 is 23.9 Å². The number of nitro groups is 1. The van der Waals surface area contributed by atoms with E-state index in [0.29, 0.717) is 11.5 Å². The second kappa shape index (κ2) is 5.35. The predicted octanol–water partition coefficient (Wildman–Crippen LogP) is 1.33. The molecule has 18 heavy (non-hydrogen) atoms. The van der Waals surface area contributed by atoms with Crippen LogP contribution in [0.2, 0.25) is 0 Å². The molecule has 0 bridgehead atoms. The first-order valence-corrected chi connectivity index (χ1v) is 4.98. The van der Waals surface area contributed by atoms with Gasteiger partial charge in [0.15, 0.2) is 11.5 Å². The number of ether oxygens (including phenoxy) is 3. The number of carbonyl (C=O) groups is 1. The molecule has 1 atom stereocenters. The number of hydrogen-bond donors (Lipinski definition) is 0. The van der Waals surface area contributed by atoms with Gasteiger partial charge in [0.1, 0.15) is 0 Å². The SMILES string of the molecule is COc1ccc(C(C)(OC=O)[N+](=O)[O-])cc1OC. The fraction of sp³-hybridized carbons (Fsp3) is 0.364. The topological polar surface area (TPSA) is 87.9 Å². The van der Waals surface area contributed by atoms with Gasteiger partial charge in [0.25, 0.3) is 6.47 Å². The van der Waals surface area contributed by atoms with E-state index in [1.807, 2.05) is 0 Å². The highest BCUT2D eigenvalue weighted by atomic mass is 16.7. The van der Waals surface area contributed by atoms with Crippen LogP contribution in [0.3, 0.4) is 0 Å². The van der Waals surface area contributed by atoms with Gasteiger partial charge in [0, 0.05) is 0 Å². The Morgan fingerprint density at radius 2 is 1.89 bits per heavy atom. The zero-order valence-electron chi connectivity index (χ0n) is 10.2. The molecular weight excluding hydrogens is 242 g/mol. The van der Waals surface area contributed by atoms with Crippen LogP contribution >= 0.6 is 0 Å². The third-order valence-corrected chi connectivity index (χ3v) is 2.55. The Morgan fingerprint density at radius 3 is 2.33 bits per heavy atom. The van der Waals surface area contributed by atoms with Crippen molar-refractivity contribution in [2.24, 2.45) is 0 Å². The van der Waals surface area contributed by atoms with E-state index in [1.54, 1.807) is 0 Å². The van der Waals surface area contributed by atoms with Crippen LogP contribution in [0.1, 0.15) is 12.5 Å². The summed E-state index contributed by atoms with van der Waals surface area (Å²) in [6.07, 6.45) is 0. The van der Waals surface area contributed by atoms with Crippen LogP contribution in [-0.2, 0) is 15.3 Å². The summed E-state index contributed by atoms with van der Waals surface area (Å²) in [5, 5.41) is 11.0. The molecule has 0 aliphatic heterocycles. The molecule has 1 aromatic carbocycles. The molecule has 0 aromatic heterocycles. The Hall–Kier alpha value is -2.31. The van der Waals surface area contributed by atoms with Gasteiger partial charge in [0.2, 0.25) is 0 Å². The highest BCUT2D eigenvalue weighted by molar-refractivity contribution is 5.45. The molecule has 0 saturated heterocycles. The fourth-order valence-corrected chi connectivity index (χ4v) is 1.43. The number of benzene rings is 1. The number of hydrogen-bond acceptors (Lipinski definition) is 6. The van der Waals surface area contributed by atoms with Crippen molar-refractivity contribution in [2.45, 2.75) is 12.6 Å². The maximum atomic E-state index is 11.0. The second-order valence-corrected chi connectivity index (χ2v) is 3.52. The van der Waals surface area contributed by atoms with Crippen LogP contribution in [0.5, 0.6) is 11.5 Å². The Morgan fingerprint density at radius 1 is 1.28 bits per heavy atom. The fourth-order valence-electron chi connectivity index (χ4n) is 1.43. The molecule has 0 saturated carbocycles. The smallest absolute Gasteiger partial charge is 0.389 e. The minimum Gasteiger partial charge on any atom is -0.493 e. The van der Waals surface area contributed by atoms with E-state index in [4.69, 9.17) is 9.47 Å². The lowest BCUT2D eigenvalue weighted by Crippen LogP contribution is -2.34. The third kappa shape index (κ3) is 2.34. The van der Waals surface area contributed by atoms with Crippen LogP contribution in [0, 0.1) is 10.1 Å². The molecule has 0 aliphatic carbocycles. The van der Waals surface area contributed by atoms with E-state index < -0.39 is 10.6 Å². The third-order valence-electron chi connectivity index (χ3n) is 2.55. The van der Waals surface area contributed by atoms with Crippen molar-refractivity contribution in [3.8, 4) is 11.5 Å². The van der Waals surface area contributed by atoms with Gasteiger partial charge in [-0.15, -0.1) is 0 Å². The van der Waals surface area contributed by atoms with Gasteiger partial charge in [-0.3, -0.25) is 14.9 Å². The number of methoxy groups -OCH3 is 2. The summed E-state index contributed by atoms with van der Waals surface area (Å²) >= 11 is 0. The van der Waals surface area contributed by atoms with E-state index in [2.05, 4.69) is 4.74 Å². The molecule has 0 heterocycles. The Labute approximate surface area is 103 Å². The molecule has 0 amide bonds. The van der Waals surface area contributed by atoms with Crippen molar-refractivity contribution >= 4 is 6.47 Å². The Balaban J connectivity index is 3.30. The second-order valence-electron chi connectivity index (χ2n) is 3.52. The lowest BCUT2D eigenvalue weighted by Gasteiger charge is -2.19. The van der Waals surface area contributed by atoms with Gasteiger partial charge in [0.05, 0.1) is 31.6 Å². The summed E-state index contributed by atoms with van der Waals surface area (Å²) in [6.45, 7) is 1.22. The van der Waals surface area contributed by atoms with Gasteiger partial charge in [-0.25, -0.2) is 0 Å². The standard InChI is InChI=1S/C11H13NO6/c1-11(12(14)15,18-7-13)8-4-5-9(16-2)10(6-8)17-3/h4-7H,1-3H3. The summed E-state index contributed by atoms with van der Waals surface area (Å²) in [5.41, 5.74) is -1.78. The van der Waals surface area contributed by atoms with E-state index in [-0.39, 0.29) is 12.0 Å². The molecule has 7 nitrogen and oxygen atoms in total. The van der Waals surface area contributed by atoms with Crippen molar-refractivity contribution in [1.29, 1.82) is 0 Å². The molecule has 1 unspecified atom stereocenters. The van der Waals surface area contributed by atoms with E-state index in [1.165, 1.54) is 39.3 Å². The quantitative estimate of drug-likeness (QED) is 0.330. The largest absolute Gasteiger partial charge is 0.493 e. The van der Waals surface area contributed by atoms with Crippen LogP contribution in [0.15, 0.2) is 18.2 Å². The van der Waals surface area contributed by atoms with Crippen molar-refractivity contribution in [3.63, 3.8) is 0 Å². The molecule has 0 spiro atoms. The Bertz CT molecular complexity index is 461. The predicted molar refractivity (Wildman–Crippen MR) is 61.0 cm³/mol. The van der Waals surface area contributed by atoms with E-state index >= 15 is 0 Å². The summed E-state index contributed by atoms with van der Waals surface area (Å²) in [5.74, 6) is 0.746. The average Bonchev–Trinajstić information content (AvgIpc) is 2.37. The minimum absolute atomic E-state index is 0.0412. The zero-order chi connectivity index (χ0) is 13.8.